The quantitative estimate of drug-likeness (QED) is 0.184. The first-order chi connectivity index (χ1) is 13.6. The molecule has 2 rings (SSSR count). The molecular formula is C23H38O2S2Sn. The van der Waals surface area contributed by atoms with Crippen molar-refractivity contribution in [1.29, 1.82) is 0 Å². The third-order valence-electron chi connectivity index (χ3n) is 5.69. The summed E-state index contributed by atoms with van der Waals surface area (Å²) in [7, 11) is 3.41. The summed E-state index contributed by atoms with van der Waals surface area (Å²) in [5.74, 6) is 0. The first kappa shape index (κ1) is 24.4. The molecular weight excluding hydrogens is 491 g/mol. The van der Waals surface area contributed by atoms with Gasteiger partial charge in [0.15, 0.2) is 0 Å². The second-order valence-electron chi connectivity index (χ2n) is 7.76. The summed E-state index contributed by atoms with van der Waals surface area (Å²) in [6, 6.07) is 9.29. The Balaban J connectivity index is 2.31. The van der Waals surface area contributed by atoms with Crippen molar-refractivity contribution in [3.63, 3.8) is 0 Å². The van der Waals surface area contributed by atoms with Crippen LogP contribution in [0.2, 0.25) is 13.3 Å². The van der Waals surface area contributed by atoms with Gasteiger partial charge < -0.3 is 0 Å². The van der Waals surface area contributed by atoms with Crippen molar-refractivity contribution in [2.45, 2.75) is 78.9 Å². The molecule has 0 radical (unpaired) electrons. The average Bonchev–Trinajstić information content (AvgIpc) is 3.39. The summed E-state index contributed by atoms with van der Waals surface area (Å²) in [6.45, 7) is 7.06. The van der Waals surface area contributed by atoms with Gasteiger partial charge in [0.2, 0.25) is 0 Å². The molecule has 0 aliphatic carbocycles. The Morgan fingerprint density at radius 1 is 0.750 bits per heavy atom. The van der Waals surface area contributed by atoms with E-state index in [2.05, 4.69) is 56.4 Å². The molecule has 0 atom stereocenters. The molecule has 0 saturated heterocycles. The van der Waals surface area contributed by atoms with Crippen LogP contribution in [0.1, 0.15) is 70.5 Å². The molecule has 2 aromatic heterocycles. The van der Waals surface area contributed by atoms with E-state index in [0.717, 1.165) is 4.88 Å². The molecule has 28 heavy (non-hydrogen) atoms. The Hall–Kier alpha value is 0.119. The molecule has 5 heteroatoms. The van der Waals surface area contributed by atoms with Gasteiger partial charge in [-0.25, -0.2) is 0 Å². The van der Waals surface area contributed by atoms with Crippen molar-refractivity contribution in [2.24, 2.45) is 0 Å². The predicted molar refractivity (Wildman–Crippen MR) is 129 cm³/mol. The molecule has 0 spiro atoms. The van der Waals surface area contributed by atoms with Crippen LogP contribution in [0.4, 0.5) is 0 Å². The summed E-state index contributed by atoms with van der Waals surface area (Å²) in [5.41, 5.74) is 0. The van der Waals surface area contributed by atoms with Crippen molar-refractivity contribution in [3.05, 3.63) is 29.1 Å². The summed E-state index contributed by atoms with van der Waals surface area (Å²) >= 11 is 1.60. The zero-order valence-electron chi connectivity index (χ0n) is 18.4. The van der Waals surface area contributed by atoms with Gasteiger partial charge in [0.25, 0.3) is 0 Å². The van der Waals surface area contributed by atoms with Crippen molar-refractivity contribution in [3.8, 4) is 9.75 Å². The fraction of sp³-hybridized carbons (Fsp3) is 0.652. The zero-order valence-corrected chi connectivity index (χ0v) is 22.9. The fourth-order valence-corrected chi connectivity index (χ4v) is 25.3. The Kier molecular flexibility index (Phi) is 11.1. The van der Waals surface area contributed by atoms with Crippen molar-refractivity contribution >= 4 is 43.9 Å². The van der Waals surface area contributed by atoms with E-state index in [1.807, 2.05) is 2.89 Å². The molecule has 0 fully saturated rings. The van der Waals surface area contributed by atoms with Crippen LogP contribution < -0.4 is 2.89 Å². The molecule has 2 aromatic rings. The molecule has 0 N–H and O–H groups in total. The van der Waals surface area contributed by atoms with E-state index in [1.54, 1.807) is 25.6 Å². The molecule has 0 aliphatic heterocycles. The van der Waals surface area contributed by atoms with E-state index >= 15 is 0 Å². The first-order valence-electron chi connectivity index (χ1n) is 10.9. The van der Waals surface area contributed by atoms with Crippen LogP contribution in [0.5, 0.6) is 0 Å². The molecule has 0 amide bonds. The number of thiophene rings is 2. The number of rotatable bonds is 14. The summed E-state index contributed by atoms with van der Waals surface area (Å²) in [6.07, 6.45) is 8.00. The summed E-state index contributed by atoms with van der Waals surface area (Å²) < 4.78 is 17.3. The van der Waals surface area contributed by atoms with Gasteiger partial charge in [0, 0.05) is 0 Å². The van der Waals surface area contributed by atoms with E-state index in [4.69, 9.17) is 9.47 Å². The van der Waals surface area contributed by atoms with Crippen molar-refractivity contribution in [2.75, 3.05) is 14.2 Å². The molecule has 0 saturated carbocycles. The van der Waals surface area contributed by atoms with Gasteiger partial charge in [0.05, 0.1) is 0 Å². The van der Waals surface area contributed by atoms with Crippen LogP contribution in [0.3, 0.4) is 0 Å². The molecule has 0 unspecified atom stereocenters. The number of unbranched alkanes of at least 4 members (excludes halogenated alkanes) is 3. The van der Waals surface area contributed by atoms with E-state index in [1.165, 1.54) is 61.6 Å². The molecule has 2 heterocycles. The van der Waals surface area contributed by atoms with Gasteiger partial charge in [-0.1, -0.05) is 0 Å². The normalized spacial score (nSPS) is 12.2. The van der Waals surface area contributed by atoms with Gasteiger partial charge in [-0.15, -0.1) is 0 Å². The van der Waals surface area contributed by atoms with Crippen LogP contribution in [0.25, 0.3) is 9.75 Å². The summed E-state index contributed by atoms with van der Waals surface area (Å²) in [5, 5.41) is 0. The topological polar surface area (TPSA) is 18.5 Å². The maximum absolute atomic E-state index is 5.43. The molecule has 2 nitrogen and oxygen atoms in total. The SMILES string of the molecule is CCC[CH2][Sn]([CH2]CCC)([CH2]CCC)[c]1ccc(-c2ccc(C(OC)OC)s2)s1. The Labute approximate surface area is 184 Å². The minimum absolute atomic E-state index is 0.255. The van der Waals surface area contributed by atoms with Gasteiger partial charge in [-0.3, -0.25) is 0 Å². The van der Waals surface area contributed by atoms with Crippen molar-refractivity contribution < 1.29 is 9.47 Å². The van der Waals surface area contributed by atoms with Crippen LogP contribution >= 0.6 is 22.7 Å². The maximum atomic E-state index is 5.43. The zero-order chi connectivity index (χ0) is 20.4. The third-order valence-corrected chi connectivity index (χ3v) is 26.3. The molecule has 0 aliphatic rings. The molecule has 158 valence electrons. The number of hydrogen-bond donors (Lipinski definition) is 0. The van der Waals surface area contributed by atoms with Crippen LogP contribution in [-0.4, -0.2) is 32.6 Å². The number of ether oxygens (including phenoxy) is 2. The van der Waals surface area contributed by atoms with Gasteiger partial charge >= 0.3 is 185 Å². The average molecular weight is 529 g/mol. The monoisotopic (exact) mass is 530 g/mol. The predicted octanol–water partition coefficient (Wildman–Crippen LogP) is 7.82. The minimum atomic E-state index is -2.31. The Morgan fingerprint density at radius 2 is 1.25 bits per heavy atom. The van der Waals surface area contributed by atoms with Crippen LogP contribution in [-0.2, 0) is 9.47 Å². The first-order valence-corrected chi connectivity index (χ1v) is 20.0. The van der Waals surface area contributed by atoms with Crippen molar-refractivity contribution in [1.82, 2.24) is 0 Å². The Bertz CT molecular complexity index is 654. The van der Waals surface area contributed by atoms with Gasteiger partial charge in [0.1, 0.15) is 0 Å². The second kappa shape index (κ2) is 12.7. The van der Waals surface area contributed by atoms with Gasteiger partial charge in [-0.2, -0.15) is 0 Å². The molecule has 0 aromatic carbocycles. The fourth-order valence-electron chi connectivity index (χ4n) is 3.99. The molecule has 0 bridgehead atoms. The standard InChI is InChI=1S/C11H11O2S2.3C4H9.Sn/c1-12-11(13-2)10-6-5-9(15-10)8-4-3-7-14-8;3*1-3-4-2;/h3-6,11H,1-2H3;3*1,3-4H2,2H3;. The number of methoxy groups -OCH3 is 2. The second-order valence-corrected chi connectivity index (χ2v) is 24.1. The third kappa shape index (κ3) is 6.31. The van der Waals surface area contributed by atoms with Crippen LogP contribution in [0, 0.1) is 0 Å². The van der Waals surface area contributed by atoms with E-state index in [-0.39, 0.29) is 6.29 Å². The van der Waals surface area contributed by atoms with E-state index < -0.39 is 18.4 Å². The van der Waals surface area contributed by atoms with Crippen LogP contribution in [0.15, 0.2) is 24.3 Å². The summed E-state index contributed by atoms with van der Waals surface area (Å²) in [4.78, 5) is 3.93. The number of hydrogen-bond acceptors (Lipinski definition) is 4. The van der Waals surface area contributed by atoms with E-state index in [9.17, 15) is 0 Å². The Morgan fingerprint density at radius 3 is 1.75 bits per heavy atom. The van der Waals surface area contributed by atoms with Gasteiger partial charge in [-0.05, 0) is 0 Å². The van der Waals surface area contributed by atoms with E-state index in [0.29, 0.717) is 0 Å².